The van der Waals surface area contributed by atoms with Crippen LogP contribution in [0.25, 0.3) is 0 Å². The van der Waals surface area contributed by atoms with Crippen LogP contribution in [0, 0.1) is 11.3 Å². The van der Waals surface area contributed by atoms with E-state index in [1.807, 2.05) is 30.3 Å². The summed E-state index contributed by atoms with van der Waals surface area (Å²) in [5, 5.41) is 2.96. The molecule has 2 nitrogen and oxygen atoms in total. The molecule has 3 rings (SSSR count). The van der Waals surface area contributed by atoms with E-state index in [0.717, 1.165) is 30.0 Å². The van der Waals surface area contributed by atoms with Crippen LogP contribution in [0.15, 0.2) is 42.5 Å². The topological polar surface area (TPSA) is 29.1 Å². The molecule has 2 aliphatic rings. The second-order valence-corrected chi connectivity index (χ2v) is 5.73. The summed E-state index contributed by atoms with van der Waals surface area (Å²) >= 11 is 0. The Morgan fingerprint density at radius 3 is 2.44 bits per heavy atom. The third-order valence-corrected chi connectivity index (χ3v) is 4.69. The van der Waals surface area contributed by atoms with Gasteiger partial charge in [-0.3, -0.25) is 4.79 Å². The molecule has 2 saturated carbocycles. The molecule has 1 amide bonds. The van der Waals surface area contributed by atoms with E-state index in [4.69, 9.17) is 0 Å². The molecule has 0 aromatic heterocycles. The Hall–Kier alpha value is -1.57. The average molecular weight is 241 g/mol. The Morgan fingerprint density at radius 2 is 1.89 bits per heavy atom. The van der Waals surface area contributed by atoms with Gasteiger partial charge in [0, 0.05) is 16.7 Å². The van der Waals surface area contributed by atoms with Gasteiger partial charge in [-0.25, -0.2) is 0 Å². The Labute approximate surface area is 108 Å². The van der Waals surface area contributed by atoms with Gasteiger partial charge in [-0.1, -0.05) is 24.8 Å². The second-order valence-electron chi connectivity index (χ2n) is 5.73. The van der Waals surface area contributed by atoms with Crippen LogP contribution in [-0.2, 0) is 4.79 Å². The van der Waals surface area contributed by atoms with Crippen LogP contribution in [0.3, 0.4) is 0 Å². The minimum atomic E-state index is 0.00347. The molecule has 0 radical (unpaired) electrons. The summed E-state index contributed by atoms with van der Waals surface area (Å²) in [6.45, 7) is 4.09. The number of anilines is 1. The van der Waals surface area contributed by atoms with Crippen molar-refractivity contribution in [3.05, 3.63) is 42.5 Å². The lowest BCUT2D eigenvalue weighted by Crippen LogP contribution is -2.27. The predicted octanol–water partition coefficient (Wildman–Crippen LogP) is 3.76. The molecule has 1 N–H and O–H groups in total. The van der Waals surface area contributed by atoms with Gasteiger partial charge in [0.15, 0.2) is 0 Å². The summed E-state index contributed by atoms with van der Waals surface area (Å²) in [7, 11) is 0. The molecule has 0 spiro atoms. The highest BCUT2D eigenvalue weighted by molar-refractivity contribution is 6.04. The minimum absolute atomic E-state index is 0.00347. The van der Waals surface area contributed by atoms with Gasteiger partial charge in [-0.05, 0) is 50.2 Å². The third kappa shape index (κ3) is 1.86. The Morgan fingerprint density at radius 1 is 1.22 bits per heavy atom. The first kappa shape index (κ1) is 11.5. The number of carbonyl (C=O) groups is 1. The normalized spacial score (nSPS) is 29.2. The first-order valence-corrected chi connectivity index (χ1v) is 6.75. The molecule has 1 aromatic rings. The van der Waals surface area contributed by atoms with Crippen LogP contribution in [-0.4, -0.2) is 5.91 Å². The molecule has 0 heterocycles. The van der Waals surface area contributed by atoms with Gasteiger partial charge in [-0.2, -0.15) is 0 Å². The van der Waals surface area contributed by atoms with Gasteiger partial charge in [0.25, 0.3) is 5.91 Å². The van der Waals surface area contributed by atoms with Gasteiger partial charge in [0.05, 0.1) is 0 Å². The number of amides is 1. The average Bonchev–Trinajstić information content (AvgIpc) is 3.00. The maximum Gasteiger partial charge on any atom is 0.251 e. The molecule has 0 atom stereocenters. The van der Waals surface area contributed by atoms with E-state index in [1.54, 1.807) is 0 Å². The molecule has 18 heavy (non-hydrogen) atoms. The maximum absolute atomic E-state index is 12.3. The standard InChI is InChI=1S/C16H19NO/c1-12(16-9-7-13(11-16)8-10-16)15(18)17-14-5-3-2-4-6-14/h2-6,13H,1,7-11H2,(H,17,18). The van der Waals surface area contributed by atoms with Crippen molar-refractivity contribution in [1.82, 2.24) is 0 Å². The van der Waals surface area contributed by atoms with Crippen LogP contribution < -0.4 is 5.32 Å². The number of para-hydroxylation sites is 1. The summed E-state index contributed by atoms with van der Waals surface area (Å²) in [6, 6.07) is 9.63. The van der Waals surface area contributed by atoms with Crippen LogP contribution in [0.1, 0.15) is 32.1 Å². The fourth-order valence-corrected chi connectivity index (χ4v) is 3.58. The lowest BCUT2D eigenvalue weighted by atomic mass is 9.77. The summed E-state index contributed by atoms with van der Waals surface area (Å²) in [5.41, 5.74) is 1.77. The largest absolute Gasteiger partial charge is 0.322 e. The zero-order chi connectivity index (χ0) is 12.6. The van der Waals surface area contributed by atoms with Crippen LogP contribution >= 0.6 is 0 Å². The summed E-state index contributed by atoms with van der Waals surface area (Å²) < 4.78 is 0. The number of rotatable bonds is 3. The first-order chi connectivity index (χ1) is 8.70. The molecule has 2 aliphatic carbocycles. The van der Waals surface area contributed by atoms with Crippen molar-refractivity contribution in [3.8, 4) is 0 Å². The molecular formula is C16H19NO. The number of nitrogens with one attached hydrogen (secondary N) is 1. The number of hydrogen-bond donors (Lipinski definition) is 1. The molecule has 0 saturated heterocycles. The van der Waals surface area contributed by atoms with Crippen molar-refractivity contribution in [1.29, 1.82) is 0 Å². The lowest BCUT2D eigenvalue weighted by Gasteiger charge is -2.28. The van der Waals surface area contributed by atoms with Crippen LogP contribution in [0.4, 0.5) is 5.69 Å². The Balaban J connectivity index is 1.71. The predicted molar refractivity (Wildman–Crippen MR) is 73.2 cm³/mol. The smallest absolute Gasteiger partial charge is 0.251 e. The van der Waals surface area contributed by atoms with E-state index in [2.05, 4.69) is 11.9 Å². The molecule has 2 heteroatoms. The van der Waals surface area contributed by atoms with Gasteiger partial charge >= 0.3 is 0 Å². The Kier molecular flexibility index (Phi) is 2.73. The number of benzene rings is 1. The molecule has 2 fully saturated rings. The van der Waals surface area contributed by atoms with E-state index in [0.29, 0.717) is 0 Å². The number of carbonyl (C=O) groups excluding carboxylic acids is 1. The molecule has 0 unspecified atom stereocenters. The minimum Gasteiger partial charge on any atom is -0.322 e. The van der Waals surface area contributed by atoms with E-state index >= 15 is 0 Å². The monoisotopic (exact) mass is 241 g/mol. The highest BCUT2D eigenvalue weighted by Crippen LogP contribution is 2.57. The van der Waals surface area contributed by atoms with E-state index < -0.39 is 0 Å². The number of fused-ring (bicyclic) bond motifs is 2. The SMILES string of the molecule is C=C(C(=O)Nc1ccccc1)C12CCC(CC1)C2. The fourth-order valence-electron chi connectivity index (χ4n) is 3.58. The summed E-state index contributed by atoms with van der Waals surface area (Å²) in [5.74, 6) is 0.843. The van der Waals surface area contributed by atoms with E-state index in [9.17, 15) is 4.79 Å². The zero-order valence-electron chi connectivity index (χ0n) is 10.6. The lowest BCUT2D eigenvalue weighted by molar-refractivity contribution is -0.113. The highest BCUT2D eigenvalue weighted by atomic mass is 16.1. The van der Waals surface area contributed by atoms with Crippen LogP contribution in [0.2, 0.25) is 0 Å². The Bertz CT molecular complexity index is 469. The van der Waals surface area contributed by atoms with Crippen molar-refractivity contribution in [2.45, 2.75) is 32.1 Å². The second kappa shape index (κ2) is 4.27. The van der Waals surface area contributed by atoms with Gasteiger partial charge in [0.1, 0.15) is 0 Å². The summed E-state index contributed by atoms with van der Waals surface area (Å²) in [4.78, 5) is 12.3. The first-order valence-electron chi connectivity index (χ1n) is 6.75. The molecule has 94 valence electrons. The molecule has 2 bridgehead atoms. The third-order valence-electron chi connectivity index (χ3n) is 4.69. The number of hydrogen-bond acceptors (Lipinski definition) is 1. The molecule has 0 aliphatic heterocycles. The van der Waals surface area contributed by atoms with Crippen molar-refractivity contribution in [2.75, 3.05) is 5.32 Å². The molecular weight excluding hydrogens is 222 g/mol. The van der Waals surface area contributed by atoms with Gasteiger partial charge < -0.3 is 5.32 Å². The highest BCUT2D eigenvalue weighted by Gasteiger charge is 2.48. The van der Waals surface area contributed by atoms with E-state index in [-0.39, 0.29) is 11.3 Å². The van der Waals surface area contributed by atoms with E-state index in [1.165, 1.54) is 19.3 Å². The molecule has 1 aromatic carbocycles. The summed E-state index contributed by atoms with van der Waals surface area (Å²) in [6.07, 6.45) is 6.03. The quantitative estimate of drug-likeness (QED) is 0.802. The van der Waals surface area contributed by atoms with Gasteiger partial charge in [-0.15, -0.1) is 0 Å². The van der Waals surface area contributed by atoms with Crippen molar-refractivity contribution in [3.63, 3.8) is 0 Å². The zero-order valence-corrected chi connectivity index (χ0v) is 10.6. The maximum atomic E-state index is 12.3. The van der Waals surface area contributed by atoms with Crippen molar-refractivity contribution < 1.29 is 4.79 Å². The van der Waals surface area contributed by atoms with Crippen molar-refractivity contribution in [2.24, 2.45) is 11.3 Å². The fraction of sp³-hybridized carbons (Fsp3) is 0.438. The van der Waals surface area contributed by atoms with Gasteiger partial charge in [0.2, 0.25) is 0 Å². The van der Waals surface area contributed by atoms with Crippen LogP contribution in [0.5, 0.6) is 0 Å². The van der Waals surface area contributed by atoms with Crippen molar-refractivity contribution >= 4 is 11.6 Å².